The summed E-state index contributed by atoms with van der Waals surface area (Å²) in [5, 5.41) is 7.96. The van der Waals surface area contributed by atoms with Crippen molar-refractivity contribution in [1.82, 2.24) is 24.9 Å². The standard InChI is InChI=1S/C25H25FN6O2S/c1-35(33,34)23-22(16-10-18-6-7-19(11-16)30-18)31-25-20(13-29-32(25)24(23)27)15-5-8-21(28-12-15)14-3-2-4-17(26)9-14/h2-5,8-9,12-13,16,18-19,30H,6-7,10-11,27H2,1H3. The Morgan fingerprint density at radius 2 is 1.86 bits per heavy atom. The molecule has 2 atom stereocenters. The smallest absolute Gasteiger partial charge is 0.180 e. The SMILES string of the molecule is CS(=O)(=O)c1c(C2CC3CCC(C2)N3)nc2c(-c3ccc(-c4cccc(F)c4)nc3)cnn2c1N. The third-order valence-corrected chi connectivity index (χ3v) is 8.25. The first kappa shape index (κ1) is 22.1. The second-order valence-corrected chi connectivity index (χ2v) is 11.5. The number of hydrogen-bond donors (Lipinski definition) is 2. The molecule has 0 spiro atoms. The Balaban J connectivity index is 1.47. The van der Waals surface area contributed by atoms with E-state index in [0.29, 0.717) is 40.2 Å². The number of nitrogens with two attached hydrogens (primary N) is 1. The third-order valence-electron chi connectivity index (χ3n) is 7.09. The Labute approximate surface area is 202 Å². The molecule has 2 saturated heterocycles. The Hall–Kier alpha value is -3.37. The molecule has 2 fully saturated rings. The van der Waals surface area contributed by atoms with E-state index in [2.05, 4.69) is 15.4 Å². The molecule has 10 heteroatoms. The maximum absolute atomic E-state index is 13.6. The average Bonchev–Trinajstić information content (AvgIpc) is 3.41. The number of pyridine rings is 1. The molecule has 6 rings (SSSR count). The van der Waals surface area contributed by atoms with Gasteiger partial charge >= 0.3 is 0 Å². The summed E-state index contributed by atoms with van der Waals surface area (Å²) >= 11 is 0. The summed E-state index contributed by atoms with van der Waals surface area (Å²) in [6.45, 7) is 0. The molecular formula is C25H25FN6O2S. The Kier molecular flexibility index (Phi) is 5.12. The van der Waals surface area contributed by atoms with Gasteiger partial charge in [0.2, 0.25) is 0 Å². The fraction of sp³-hybridized carbons (Fsp3) is 0.320. The molecule has 2 bridgehead atoms. The predicted octanol–water partition coefficient (Wildman–Crippen LogP) is 3.58. The molecule has 2 unspecified atom stereocenters. The van der Waals surface area contributed by atoms with Crippen LogP contribution in [0.1, 0.15) is 37.3 Å². The van der Waals surface area contributed by atoms with Crippen molar-refractivity contribution in [1.29, 1.82) is 0 Å². The molecule has 0 saturated carbocycles. The van der Waals surface area contributed by atoms with Crippen LogP contribution in [-0.4, -0.2) is 46.3 Å². The highest BCUT2D eigenvalue weighted by molar-refractivity contribution is 7.91. The van der Waals surface area contributed by atoms with Gasteiger partial charge in [-0.15, -0.1) is 0 Å². The summed E-state index contributed by atoms with van der Waals surface area (Å²) in [6.07, 6.45) is 8.32. The van der Waals surface area contributed by atoms with Crippen LogP contribution in [0.5, 0.6) is 0 Å². The van der Waals surface area contributed by atoms with E-state index in [4.69, 9.17) is 10.7 Å². The van der Waals surface area contributed by atoms with Crippen LogP contribution in [0.25, 0.3) is 28.0 Å². The zero-order valence-electron chi connectivity index (χ0n) is 19.1. The van der Waals surface area contributed by atoms with Crippen molar-refractivity contribution >= 4 is 21.3 Å². The molecule has 4 aromatic rings. The number of piperidine rings is 1. The van der Waals surface area contributed by atoms with Gasteiger partial charge in [-0.3, -0.25) is 4.98 Å². The first-order valence-electron chi connectivity index (χ1n) is 11.6. The van der Waals surface area contributed by atoms with Crippen molar-refractivity contribution in [3.63, 3.8) is 0 Å². The molecule has 5 heterocycles. The molecule has 3 N–H and O–H groups in total. The lowest BCUT2D eigenvalue weighted by molar-refractivity contribution is 0.355. The van der Waals surface area contributed by atoms with Crippen LogP contribution < -0.4 is 11.1 Å². The van der Waals surface area contributed by atoms with Crippen molar-refractivity contribution in [3.05, 3.63) is 60.3 Å². The third kappa shape index (κ3) is 3.86. The largest absolute Gasteiger partial charge is 0.382 e. The van der Waals surface area contributed by atoms with E-state index < -0.39 is 9.84 Å². The zero-order valence-corrected chi connectivity index (χ0v) is 20.0. The van der Waals surface area contributed by atoms with Crippen molar-refractivity contribution in [2.75, 3.05) is 12.0 Å². The number of anilines is 1. The number of fused-ring (bicyclic) bond motifs is 3. The van der Waals surface area contributed by atoms with Gasteiger partial charge < -0.3 is 11.1 Å². The molecule has 0 aliphatic carbocycles. The fourth-order valence-electron chi connectivity index (χ4n) is 5.53. The number of benzene rings is 1. The Bertz CT molecular complexity index is 1540. The van der Waals surface area contributed by atoms with Gasteiger partial charge in [0.05, 0.1) is 17.6 Å². The van der Waals surface area contributed by atoms with Gasteiger partial charge in [0, 0.05) is 47.1 Å². The molecule has 35 heavy (non-hydrogen) atoms. The summed E-state index contributed by atoms with van der Waals surface area (Å²) in [5.74, 6) is -0.243. The van der Waals surface area contributed by atoms with Gasteiger partial charge in [0.1, 0.15) is 16.5 Å². The first-order valence-corrected chi connectivity index (χ1v) is 13.5. The van der Waals surface area contributed by atoms with Crippen molar-refractivity contribution in [3.8, 4) is 22.4 Å². The van der Waals surface area contributed by atoms with Crippen LogP contribution in [0.3, 0.4) is 0 Å². The summed E-state index contributed by atoms with van der Waals surface area (Å²) in [5.41, 5.74) is 10.2. The van der Waals surface area contributed by atoms with E-state index in [1.807, 2.05) is 12.1 Å². The van der Waals surface area contributed by atoms with E-state index in [-0.39, 0.29) is 22.4 Å². The highest BCUT2D eigenvalue weighted by Crippen LogP contribution is 2.41. The number of nitrogen functional groups attached to an aromatic ring is 1. The fourth-order valence-corrected chi connectivity index (χ4v) is 6.59. The number of halogens is 1. The van der Waals surface area contributed by atoms with E-state index >= 15 is 0 Å². The molecule has 2 aliphatic heterocycles. The van der Waals surface area contributed by atoms with Gasteiger partial charge in [-0.1, -0.05) is 18.2 Å². The minimum absolute atomic E-state index is 0.00185. The lowest BCUT2D eigenvalue weighted by Gasteiger charge is -2.30. The van der Waals surface area contributed by atoms with Gasteiger partial charge in [0.15, 0.2) is 15.5 Å². The van der Waals surface area contributed by atoms with Crippen molar-refractivity contribution in [2.45, 2.75) is 48.6 Å². The zero-order chi connectivity index (χ0) is 24.3. The highest BCUT2D eigenvalue weighted by Gasteiger charge is 2.38. The van der Waals surface area contributed by atoms with Crippen LogP contribution in [-0.2, 0) is 9.84 Å². The predicted molar refractivity (Wildman–Crippen MR) is 131 cm³/mol. The lowest BCUT2D eigenvalue weighted by Crippen LogP contribution is -2.38. The van der Waals surface area contributed by atoms with E-state index in [0.717, 1.165) is 31.2 Å². The second-order valence-electron chi connectivity index (χ2n) is 9.53. The quantitative estimate of drug-likeness (QED) is 0.447. The number of nitrogens with zero attached hydrogens (tertiary/aromatic N) is 4. The molecule has 8 nitrogen and oxygen atoms in total. The maximum atomic E-state index is 13.6. The van der Waals surface area contributed by atoms with Crippen LogP contribution in [0.4, 0.5) is 10.2 Å². The molecule has 0 amide bonds. The summed E-state index contributed by atoms with van der Waals surface area (Å²) in [4.78, 5) is 9.47. The molecule has 1 aromatic carbocycles. The van der Waals surface area contributed by atoms with Gasteiger partial charge in [-0.05, 0) is 43.9 Å². The molecule has 3 aromatic heterocycles. The lowest BCUT2D eigenvalue weighted by atomic mass is 9.89. The minimum atomic E-state index is -3.63. The van der Waals surface area contributed by atoms with E-state index in [1.54, 1.807) is 24.5 Å². The minimum Gasteiger partial charge on any atom is -0.382 e. The van der Waals surface area contributed by atoms with Crippen LogP contribution >= 0.6 is 0 Å². The summed E-state index contributed by atoms with van der Waals surface area (Å²) in [7, 11) is -3.63. The molecule has 2 aliphatic rings. The number of sulfone groups is 1. The van der Waals surface area contributed by atoms with E-state index in [9.17, 15) is 12.8 Å². The van der Waals surface area contributed by atoms with Crippen molar-refractivity contribution < 1.29 is 12.8 Å². The topological polar surface area (TPSA) is 115 Å². The van der Waals surface area contributed by atoms with Crippen LogP contribution in [0.2, 0.25) is 0 Å². The van der Waals surface area contributed by atoms with Crippen LogP contribution in [0, 0.1) is 5.82 Å². The Morgan fingerprint density at radius 3 is 2.51 bits per heavy atom. The van der Waals surface area contributed by atoms with Gasteiger partial charge in [0.25, 0.3) is 0 Å². The normalized spacial score (nSPS) is 22.1. The monoisotopic (exact) mass is 492 g/mol. The molecular weight excluding hydrogens is 467 g/mol. The van der Waals surface area contributed by atoms with E-state index in [1.165, 1.54) is 22.9 Å². The van der Waals surface area contributed by atoms with Gasteiger partial charge in [-0.2, -0.15) is 9.61 Å². The maximum Gasteiger partial charge on any atom is 0.180 e. The number of hydrogen-bond acceptors (Lipinski definition) is 7. The van der Waals surface area contributed by atoms with Crippen LogP contribution in [0.15, 0.2) is 53.7 Å². The number of aromatic nitrogens is 4. The number of rotatable bonds is 4. The summed E-state index contributed by atoms with van der Waals surface area (Å²) in [6, 6.07) is 10.7. The molecule has 0 radical (unpaired) electrons. The number of nitrogens with one attached hydrogen (secondary N) is 1. The second kappa shape index (κ2) is 8.10. The first-order chi connectivity index (χ1) is 16.8. The average molecular weight is 493 g/mol. The van der Waals surface area contributed by atoms with Gasteiger partial charge in [-0.25, -0.2) is 17.8 Å². The highest BCUT2D eigenvalue weighted by atomic mass is 32.2. The van der Waals surface area contributed by atoms with Crippen molar-refractivity contribution in [2.24, 2.45) is 0 Å². The summed E-state index contributed by atoms with van der Waals surface area (Å²) < 4.78 is 40.6. The Morgan fingerprint density at radius 1 is 1.09 bits per heavy atom. The molecule has 180 valence electrons.